The maximum absolute atomic E-state index is 12.5. The molecule has 6 heteroatoms. The molecule has 0 aliphatic heterocycles. The molecule has 1 heterocycles. The molecule has 1 amide bonds. The van der Waals surface area contributed by atoms with Gasteiger partial charge in [0, 0.05) is 24.2 Å². The maximum Gasteiger partial charge on any atom is 0.224 e. The number of hydrogen-bond donors (Lipinski definition) is 1. The number of rotatable bonds is 6. The van der Waals surface area contributed by atoms with Crippen molar-refractivity contribution in [1.82, 2.24) is 9.78 Å². The van der Waals surface area contributed by atoms with Crippen molar-refractivity contribution in [2.75, 3.05) is 5.32 Å². The molecule has 0 bridgehead atoms. The Balaban J connectivity index is 1.71. The van der Waals surface area contributed by atoms with Crippen LogP contribution in [0.5, 0.6) is 11.5 Å². The molecule has 0 saturated carbocycles. The third kappa shape index (κ3) is 4.73. The summed E-state index contributed by atoms with van der Waals surface area (Å²) in [5, 5.41) is 7.86. The Kier molecular flexibility index (Phi) is 6.05. The molecule has 3 rings (SSSR count). The molecular weight excluding hydrogens is 374 g/mol. The smallest absolute Gasteiger partial charge is 0.224 e. The van der Waals surface area contributed by atoms with Gasteiger partial charge >= 0.3 is 0 Å². The summed E-state index contributed by atoms with van der Waals surface area (Å²) in [5.41, 5.74) is 4.85. The first-order valence-corrected chi connectivity index (χ1v) is 9.54. The van der Waals surface area contributed by atoms with E-state index in [1.54, 1.807) is 18.2 Å². The Bertz CT molecular complexity index is 994. The molecule has 0 fully saturated rings. The zero-order valence-corrected chi connectivity index (χ0v) is 17.3. The van der Waals surface area contributed by atoms with E-state index in [0.717, 1.165) is 22.5 Å². The molecule has 146 valence electrons. The number of nitrogens with one attached hydrogen (secondary N) is 1. The molecule has 3 aromatic rings. The summed E-state index contributed by atoms with van der Waals surface area (Å²) in [7, 11) is 1.91. The summed E-state index contributed by atoms with van der Waals surface area (Å²) in [5.74, 6) is 1.15. The van der Waals surface area contributed by atoms with Crippen molar-refractivity contribution in [3.63, 3.8) is 0 Å². The van der Waals surface area contributed by atoms with Crippen molar-refractivity contribution < 1.29 is 9.53 Å². The normalized spacial score (nSPS) is 10.8. The van der Waals surface area contributed by atoms with Crippen molar-refractivity contribution >= 4 is 23.2 Å². The van der Waals surface area contributed by atoms with Gasteiger partial charge in [-0.2, -0.15) is 5.10 Å². The summed E-state index contributed by atoms with van der Waals surface area (Å²) in [6.45, 7) is 5.99. The number of nitrogens with zero attached hydrogens (tertiary/aromatic N) is 2. The van der Waals surface area contributed by atoms with Gasteiger partial charge in [-0.25, -0.2) is 0 Å². The number of carbonyl (C=O) groups is 1. The Morgan fingerprint density at radius 2 is 1.86 bits per heavy atom. The van der Waals surface area contributed by atoms with E-state index in [9.17, 15) is 4.79 Å². The minimum absolute atomic E-state index is 0.0984. The zero-order valence-electron chi connectivity index (χ0n) is 16.5. The van der Waals surface area contributed by atoms with Gasteiger partial charge in [0.2, 0.25) is 5.91 Å². The molecule has 0 saturated heterocycles. The molecule has 1 N–H and O–H groups in total. The first kappa shape index (κ1) is 20.0. The highest BCUT2D eigenvalue weighted by Gasteiger charge is 2.14. The van der Waals surface area contributed by atoms with Crippen LogP contribution in [0.3, 0.4) is 0 Å². The van der Waals surface area contributed by atoms with E-state index < -0.39 is 0 Å². The largest absolute Gasteiger partial charge is 0.455 e. The number of aromatic nitrogens is 2. The van der Waals surface area contributed by atoms with Crippen LogP contribution in [0.15, 0.2) is 42.5 Å². The number of carbonyl (C=O) groups excluding carboxylic acids is 1. The van der Waals surface area contributed by atoms with Crippen LogP contribution in [0.1, 0.15) is 28.9 Å². The molecule has 0 radical (unpaired) electrons. The highest BCUT2D eigenvalue weighted by atomic mass is 35.5. The average Bonchev–Trinajstić information content (AvgIpc) is 2.89. The van der Waals surface area contributed by atoms with Gasteiger partial charge in [-0.1, -0.05) is 29.3 Å². The predicted molar refractivity (Wildman–Crippen MR) is 112 cm³/mol. The van der Waals surface area contributed by atoms with Gasteiger partial charge in [0.15, 0.2) is 5.75 Å². The van der Waals surface area contributed by atoms with E-state index in [-0.39, 0.29) is 5.91 Å². The highest BCUT2D eigenvalue weighted by Crippen LogP contribution is 2.32. The van der Waals surface area contributed by atoms with Gasteiger partial charge in [-0.05, 0) is 63.1 Å². The van der Waals surface area contributed by atoms with E-state index >= 15 is 0 Å². The number of ether oxygens (including phenoxy) is 1. The summed E-state index contributed by atoms with van der Waals surface area (Å²) < 4.78 is 7.78. The second kappa shape index (κ2) is 8.48. The minimum atomic E-state index is -0.0984. The molecular formula is C22H24ClN3O2. The van der Waals surface area contributed by atoms with Crippen molar-refractivity contribution in [3.05, 3.63) is 70.0 Å². The van der Waals surface area contributed by atoms with Crippen molar-refractivity contribution in [3.8, 4) is 11.5 Å². The topological polar surface area (TPSA) is 56.1 Å². The van der Waals surface area contributed by atoms with Gasteiger partial charge < -0.3 is 10.1 Å². The van der Waals surface area contributed by atoms with Gasteiger partial charge in [-0.3, -0.25) is 9.48 Å². The number of hydrogen-bond acceptors (Lipinski definition) is 3. The second-order valence-electron chi connectivity index (χ2n) is 6.88. The number of anilines is 1. The van der Waals surface area contributed by atoms with Crippen LogP contribution in [-0.2, 0) is 18.3 Å². The van der Waals surface area contributed by atoms with Crippen LogP contribution in [0.25, 0.3) is 0 Å². The van der Waals surface area contributed by atoms with E-state index in [1.165, 1.54) is 0 Å². The Hall–Kier alpha value is -2.79. The van der Waals surface area contributed by atoms with Crippen LogP contribution in [-0.4, -0.2) is 15.7 Å². The average molecular weight is 398 g/mol. The molecule has 0 aliphatic carbocycles. The first-order valence-electron chi connectivity index (χ1n) is 9.16. The lowest BCUT2D eigenvalue weighted by molar-refractivity contribution is -0.116. The quantitative estimate of drug-likeness (QED) is 0.608. The fourth-order valence-corrected chi connectivity index (χ4v) is 3.22. The second-order valence-corrected chi connectivity index (χ2v) is 7.31. The Morgan fingerprint density at radius 1 is 1.14 bits per heavy atom. The van der Waals surface area contributed by atoms with E-state index in [4.69, 9.17) is 16.3 Å². The Morgan fingerprint density at radius 3 is 2.50 bits per heavy atom. The Labute approximate surface area is 170 Å². The summed E-state index contributed by atoms with van der Waals surface area (Å²) >= 11 is 6.12. The number of aryl methyl sites for hydroxylation is 3. The van der Waals surface area contributed by atoms with E-state index in [2.05, 4.69) is 10.4 Å². The third-order valence-corrected chi connectivity index (χ3v) is 4.96. The molecule has 0 aliphatic rings. The monoisotopic (exact) mass is 397 g/mol. The zero-order chi connectivity index (χ0) is 20.3. The number of benzene rings is 2. The molecule has 0 unspecified atom stereocenters. The lowest BCUT2D eigenvalue weighted by atomic mass is 10.1. The van der Waals surface area contributed by atoms with Gasteiger partial charge in [0.05, 0.1) is 11.4 Å². The predicted octanol–water partition coefficient (Wildman–Crippen LogP) is 5.36. The molecule has 1 aromatic heterocycles. The molecule has 2 aromatic carbocycles. The summed E-state index contributed by atoms with van der Waals surface area (Å²) in [6, 6.07) is 12.9. The van der Waals surface area contributed by atoms with Crippen LogP contribution < -0.4 is 10.1 Å². The summed E-state index contributed by atoms with van der Waals surface area (Å²) in [4.78, 5) is 12.5. The molecule has 28 heavy (non-hydrogen) atoms. The van der Waals surface area contributed by atoms with Crippen molar-refractivity contribution in [1.29, 1.82) is 0 Å². The van der Waals surface area contributed by atoms with Crippen LogP contribution >= 0.6 is 11.6 Å². The lowest BCUT2D eigenvalue weighted by Gasteiger charge is -2.13. The first-order chi connectivity index (χ1) is 13.3. The van der Waals surface area contributed by atoms with E-state index in [0.29, 0.717) is 35.1 Å². The molecule has 5 nitrogen and oxygen atoms in total. The van der Waals surface area contributed by atoms with Crippen molar-refractivity contribution in [2.45, 2.75) is 33.6 Å². The number of halogens is 1. The van der Waals surface area contributed by atoms with Crippen LogP contribution in [0.4, 0.5) is 5.69 Å². The maximum atomic E-state index is 12.5. The fourth-order valence-electron chi connectivity index (χ4n) is 3.05. The SMILES string of the molecule is Cc1ccc(Oc2ccc(Cl)cc2NC(=O)CCc2c(C)nn(C)c2C)cc1. The van der Waals surface area contributed by atoms with Crippen LogP contribution in [0.2, 0.25) is 5.02 Å². The summed E-state index contributed by atoms with van der Waals surface area (Å²) in [6.07, 6.45) is 0.982. The molecule has 0 spiro atoms. The molecule has 0 atom stereocenters. The van der Waals surface area contributed by atoms with Gasteiger partial charge in [0.1, 0.15) is 5.75 Å². The minimum Gasteiger partial charge on any atom is -0.455 e. The number of amides is 1. The van der Waals surface area contributed by atoms with Gasteiger partial charge in [-0.15, -0.1) is 0 Å². The van der Waals surface area contributed by atoms with Crippen LogP contribution in [0, 0.1) is 20.8 Å². The van der Waals surface area contributed by atoms with E-state index in [1.807, 2.05) is 56.8 Å². The van der Waals surface area contributed by atoms with Crippen molar-refractivity contribution in [2.24, 2.45) is 7.05 Å². The standard InChI is InChI=1S/C22H24ClN3O2/c1-14-5-8-18(9-6-14)28-21-11-7-17(23)13-20(21)24-22(27)12-10-19-15(2)25-26(4)16(19)3/h5-9,11,13H,10,12H2,1-4H3,(H,24,27). The third-order valence-electron chi connectivity index (χ3n) is 4.73. The highest BCUT2D eigenvalue weighted by molar-refractivity contribution is 6.31. The fraction of sp³-hybridized carbons (Fsp3) is 0.273. The van der Waals surface area contributed by atoms with Gasteiger partial charge in [0.25, 0.3) is 0 Å². The lowest BCUT2D eigenvalue weighted by Crippen LogP contribution is -2.13.